The van der Waals surface area contributed by atoms with Crippen molar-refractivity contribution in [2.75, 3.05) is 39.6 Å². The first-order valence-electron chi connectivity index (χ1n) is 33.2. The van der Waals surface area contributed by atoms with Gasteiger partial charge in [0.25, 0.3) is 0 Å². The monoisotopic (exact) mass is 1230 g/mol. The van der Waals surface area contributed by atoms with Gasteiger partial charge < -0.3 is 33.8 Å². The van der Waals surface area contributed by atoms with Crippen molar-refractivity contribution < 1.29 is 80.2 Å². The summed E-state index contributed by atoms with van der Waals surface area (Å²) in [5.74, 6) is 0.733. The summed E-state index contributed by atoms with van der Waals surface area (Å²) in [6, 6.07) is 0. The highest BCUT2D eigenvalue weighted by molar-refractivity contribution is 7.47. The Bertz CT molecular complexity index is 1660. The second kappa shape index (κ2) is 54.2. The molecular formula is C64H124O17P2. The van der Waals surface area contributed by atoms with Crippen molar-refractivity contribution in [1.82, 2.24) is 0 Å². The van der Waals surface area contributed by atoms with Crippen molar-refractivity contribution in [3.63, 3.8) is 0 Å². The number of hydrogen-bond acceptors (Lipinski definition) is 15. The molecule has 0 aliphatic carbocycles. The fourth-order valence-corrected chi connectivity index (χ4v) is 11.0. The Morgan fingerprint density at radius 3 is 0.855 bits per heavy atom. The molecule has 0 bridgehead atoms. The molecule has 0 spiro atoms. The van der Waals surface area contributed by atoms with Crippen LogP contribution in [0.5, 0.6) is 0 Å². The van der Waals surface area contributed by atoms with E-state index in [-0.39, 0.29) is 25.7 Å². The molecule has 0 rings (SSSR count). The van der Waals surface area contributed by atoms with E-state index in [4.69, 9.17) is 37.0 Å². The van der Waals surface area contributed by atoms with Crippen molar-refractivity contribution in [2.45, 2.75) is 324 Å². The lowest BCUT2D eigenvalue weighted by molar-refractivity contribution is -0.161. The van der Waals surface area contributed by atoms with Gasteiger partial charge >= 0.3 is 39.5 Å². The maximum absolute atomic E-state index is 13.0. The van der Waals surface area contributed by atoms with Gasteiger partial charge in [0.05, 0.1) is 26.4 Å². The molecule has 0 amide bonds. The lowest BCUT2D eigenvalue weighted by Crippen LogP contribution is -2.30. The lowest BCUT2D eigenvalue weighted by Gasteiger charge is -2.21. The van der Waals surface area contributed by atoms with Crippen LogP contribution >= 0.6 is 15.6 Å². The summed E-state index contributed by atoms with van der Waals surface area (Å²) in [6.45, 7) is 13.9. The van der Waals surface area contributed by atoms with E-state index in [1.807, 2.05) is 0 Å². The van der Waals surface area contributed by atoms with Crippen LogP contribution < -0.4 is 0 Å². The number of aliphatic hydroxyl groups excluding tert-OH is 1. The predicted octanol–water partition coefficient (Wildman–Crippen LogP) is 17.4. The topological polar surface area (TPSA) is 237 Å². The zero-order valence-electron chi connectivity index (χ0n) is 53.8. The van der Waals surface area contributed by atoms with Crippen molar-refractivity contribution in [2.24, 2.45) is 23.7 Å². The first-order valence-corrected chi connectivity index (χ1v) is 36.2. The highest BCUT2D eigenvalue weighted by Crippen LogP contribution is 2.45. The number of aliphatic hydroxyl groups is 1. The third kappa shape index (κ3) is 57.6. The van der Waals surface area contributed by atoms with Gasteiger partial charge in [-0.2, -0.15) is 0 Å². The summed E-state index contributed by atoms with van der Waals surface area (Å²) in [4.78, 5) is 72.2. The molecule has 19 heteroatoms. The lowest BCUT2D eigenvalue weighted by atomic mass is 10.00. The number of hydrogen-bond donors (Lipinski definition) is 3. The fraction of sp³-hybridized carbons (Fsp3) is 0.938. The van der Waals surface area contributed by atoms with E-state index in [0.717, 1.165) is 114 Å². The second-order valence-corrected chi connectivity index (χ2v) is 27.7. The van der Waals surface area contributed by atoms with Crippen molar-refractivity contribution in [3.05, 3.63) is 0 Å². The number of rotatable bonds is 61. The molecule has 0 aromatic carbocycles. The van der Waals surface area contributed by atoms with E-state index in [1.54, 1.807) is 0 Å². The largest absolute Gasteiger partial charge is 0.472 e. The maximum Gasteiger partial charge on any atom is 0.472 e. The first kappa shape index (κ1) is 81.1. The molecule has 0 aromatic heterocycles. The normalized spacial score (nSPS) is 14.8. The number of ether oxygens (including phenoxy) is 4. The Labute approximate surface area is 505 Å². The second-order valence-electron chi connectivity index (χ2n) is 24.8. The number of phosphoric acid groups is 2. The first-order chi connectivity index (χ1) is 39.6. The quantitative estimate of drug-likeness (QED) is 0.0222. The summed E-state index contributed by atoms with van der Waals surface area (Å²) in [7, 11) is -9.89. The Hall–Kier alpha value is -1.94. The van der Waals surface area contributed by atoms with Gasteiger partial charge in [0, 0.05) is 25.7 Å². The minimum absolute atomic E-state index is 0.102. The Morgan fingerprint density at radius 1 is 0.337 bits per heavy atom. The molecule has 0 aliphatic heterocycles. The van der Waals surface area contributed by atoms with Crippen LogP contribution in [0, 0.1) is 23.7 Å². The van der Waals surface area contributed by atoms with Gasteiger partial charge in [0.1, 0.15) is 19.3 Å². The molecule has 83 heavy (non-hydrogen) atoms. The SMILES string of the molecule is CCC(C)CCCCCCCCC(=O)O[C@H](COC(=O)CCCCCCCCCCCCC(C)C)COP(=O)(O)OC[C@@H](O)COP(=O)(O)OC[C@@H](COC(=O)CCCCCCCCC(C)C)OC(=O)CCCCCCCCCCC(C)C. The van der Waals surface area contributed by atoms with E-state index >= 15 is 0 Å². The van der Waals surface area contributed by atoms with E-state index in [9.17, 15) is 43.2 Å². The average molecular weight is 1230 g/mol. The van der Waals surface area contributed by atoms with Crippen LogP contribution in [0.1, 0.15) is 306 Å². The molecule has 0 radical (unpaired) electrons. The van der Waals surface area contributed by atoms with Gasteiger partial charge in [-0.3, -0.25) is 37.3 Å². The minimum atomic E-state index is -4.95. The van der Waals surface area contributed by atoms with E-state index in [1.165, 1.54) is 103 Å². The maximum atomic E-state index is 13.0. The molecule has 3 unspecified atom stereocenters. The molecule has 6 atom stereocenters. The number of phosphoric ester groups is 2. The van der Waals surface area contributed by atoms with Gasteiger partial charge in [-0.25, -0.2) is 9.13 Å². The van der Waals surface area contributed by atoms with Crippen molar-refractivity contribution in [1.29, 1.82) is 0 Å². The molecule has 0 heterocycles. The van der Waals surface area contributed by atoms with Crippen LogP contribution in [0.2, 0.25) is 0 Å². The molecular weight excluding hydrogens is 1100 g/mol. The summed E-state index contributed by atoms with van der Waals surface area (Å²) in [5.41, 5.74) is 0. The molecule has 3 N–H and O–H groups in total. The third-order valence-electron chi connectivity index (χ3n) is 14.9. The third-order valence-corrected chi connectivity index (χ3v) is 16.8. The molecule has 0 aromatic rings. The van der Waals surface area contributed by atoms with Gasteiger partial charge in [0.15, 0.2) is 12.2 Å². The van der Waals surface area contributed by atoms with Crippen LogP contribution in [0.15, 0.2) is 0 Å². The summed E-state index contributed by atoms with van der Waals surface area (Å²) < 4.78 is 68.0. The number of carbonyl (C=O) groups is 4. The molecule has 492 valence electrons. The van der Waals surface area contributed by atoms with Crippen LogP contribution in [-0.4, -0.2) is 96.7 Å². The molecule has 0 saturated carbocycles. The molecule has 0 aliphatic rings. The predicted molar refractivity (Wildman–Crippen MR) is 331 cm³/mol. The number of esters is 4. The zero-order chi connectivity index (χ0) is 61.8. The highest BCUT2D eigenvalue weighted by Gasteiger charge is 2.30. The smallest absolute Gasteiger partial charge is 0.462 e. The summed E-state index contributed by atoms with van der Waals surface area (Å²) in [6.07, 6.45) is 33.7. The molecule has 0 fully saturated rings. The van der Waals surface area contributed by atoms with Gasteiger partial charge in [-0.05, 0) is 49.4 Å². The van der Waals surface area contributed by atoms with Gasteiger partial charge in [-0.1, -0.05) is 254 Å². The highest BCUT2D eigenvalue weighted by atomic mass is 31.2. The van der Waals surface area contributed by atoms with Crippen LogP contribution in [-0.2, 0) is 65.4 Å². The van der Waals surface area contributed by atoms with Crippen molar-refractivity contribution >= 4 is 39.5 Å². The average Bonchev–Trinajstić information content (AvgIpc) is 3.43. The fourth-order valence-electron chi connectivity index (χ4n) is 9.40. The summed E-state index contributed by atoms with van der Waals surface area (Å²) >= 11 is 0. The number of carbonyl (C=O) groups excluding carboxylic acids is 4. The van der Waals surface area contributed by atoms with E-state index in [2.05, 4.69) is 55.4 Å². The Balaban J connectivity index is 5.24. The standard InChI is InChI=1S/C64H124O17P2/c1-9-57(8)43-35-27-21-23-31-39-47-64(69)81-60(50-74-61(66)44-36-28-18-13-11-10-12-16-24-32-40-54(2)3)53-79-83(72,73)77-49-58(65)48-76-82(70,71)78-52-59(51-75-62(67)45-37-29-22-20-26-34-42-56(6)7)80-63(68)46-38-30-19-15-14-17-25-33-41-55(4)5/h54-60,65H,9-53H2,1-8H3,(H,70,71)(H,72,73)/t57?,58-,59+,60+/m0/s1. The van der Waals surface area contributed by atoms with Crippen LogP contribution in [0.25, 0.3) is 0 Å². The van der Waals surface area contributed by atoms with E-state index in [0.29, 0.717) is 31.6 Å². The minimum Gasteiger partial charge on any atom is -0.462 e. The van der Waals surface area contributed by atoms with Crippen LogP contribution in [0.3, 0.4) is 0 Å². The van der Waals surface area contributed by atoms with Gasteiger partial charge in [0.2, 0.25) is 0 Å². The number of unbranched alkanes of at least 4 members (excludes halogenated alkanes) is 26. The summed E-state index contributed by atoms with van der Waals surface area (Å²) in [5, 5.41) is 10.5. The molecule has 0 saturated heterocycles. The van der Waals surface area contributed by atoms with E-state index < -0.39 is 97.5 Å². The Kier molecular flexibility index (Phi) is 53.0. The van der Waals surface area contributed by atoms with Crippen molar-refractivity contribution in [3.8, 4) is 0 Å². The van der Waals surface area contributed by atoms with Crippen LogP contribution in [0.4, 0.5) is 0 Å². The van der Waals surface area contributed by atoms with Gasteiger partial charge in [-0.15, -0.1) is 0 Å². The molecule has 17 nitrogen and oxygen atoms in total. The Morgan fingerprint density at radius 2 is 0.578 bits per heavy atom. The zero-order valence-corrected chi connectivity index (χ0v) is 55.6.